The molecule has 1 unspecified atom stereocenters. The lowest BCUT2D eigenvalue weighted by molar-refractivity contribution is 0.117. The zero-order valence-corrected chi connectivity index (χ0v) is 18.8. The Kier molecular flexibility index (Phi) is 5.76. The molecule has 1 atom stereocenters. The fourth-order valence-corrected chi connectivity index (χ4v) is 4.75. The van der Waals surface area contributed by atoms with Gasteiger partial charge in [-0.05, 0) is 36.4 Å². The van der Waals surface area contributed by atoms with Gasteiger partial charge in [0, 0.05) is 49.7 Å². The number of piperazine rings is 1. The average Bonchev–Trinajstić information content (AvgIpc) is 3.46. The van der Waals surface area contributed by atoms with Crippen molar-refractivity contribution in [3.8, 4) is 11.5 Å². The van der Waals surface area contributed by atoms with E-state index in [1.54, 1.807) is 24.6 Å². The first-order valence-electron chi connectivity index (χ1n) is 10.9. The van der Waals surface area contributed by atoms with Gasteiger partial charge in [0.2, 0.25) is 5.79 Å². The molecule has 5 nitrogen and oxygen atoms in total. The molecule has 2 aromatic heterocycles. The maximum Gasteiger partial charge on any atom is 0.226 e. The van der Waals surface area contributed by atoms with Crippen LogP contribution >= 0.6 is 11.6 Å². The highest BCUT2D eigenvalue weighted by Gasteiger charge is 2.38. The number of likely N-dealkylation sites (N-methyl/N-ethyl adjacent to an activating group) is 1. The number of alkyl halides is 1. The fraction of sp³-hybridized carbons (Fsp3) is 0.320. The second kappa shape index (κ2) is 8.70. The van der Waals surface area contributed by atoms with Gasteiger partial charge in [-0.15, -0.1) is 0 Å². The van der Waals surface area contributed by atoms with E-state index in [1.165, 1.54) is 4.68 Å². The van der Waals surface area contributed by atoms with Crippen LogP contribution in [0.5, 0.6) is 0 Å². The standard InChI is InChI=1S/C25H26ClFN4O/c1-29-11-13-30(14-12-29)18-20-17-28-31(24(20)23-8-5-15-32-23)25(27)10-9-21(22(26)16-25)19-6-3-2-4-7-19/h2-10,15,17H,11-14,16,18H2,1H3. The smallest absolute Gasteiger partial charge is 0.226 e. The van der Waals surface area contributed by atoms with Crippen LogP contribution in [0.15, 0.2) is 76.5 Å². The Hall–Kier alpha value is -2.67. The Labute approximate surface area is 192 Å². The Morgan fingerprint density at radius 1 is 1.09 bits per heavy atom. The second-order valence-electron chi connectivity index (χ2n) is 8.50. The normalized spacial score (nSPS) is 22.6. The second-order valence-corrected chi connectivity index (χ2v) is 8.96. The number of allylic oxidation sites excluding steroid dienone is 4. The predicted octanol–water partition coefficient (Wildman–Crippen LogP) is 5.12. The van der Waals surface area contributed by atoms with E-state index in [0.29, 0.717) is 23.0 Å². The Balaban J connectivity index is 1.48. The van der Waals surface area contributed by atoms with E-state index >= 15 is 4.39 Å². The summed E-state index contributed by atoms with van der Waals surface area (Å²) in [5.74, 6) is -1.27. The number of hydrogen-bond acceptors (Lipinski definition) is 4. The van der Waals surface area contributed by atoms with Gasteiger partial charge < -0.3 is 9.32 Å². The Morgan fingerprint density at radius 2 is 1.88 bits per heavy atom. The van der Waals surface area contributed by atoms with E-state index in [2.05, 4.69) is 21.9 Å². The van der Waals surface area contributed by atoms with Crippen LogP contribution in [-0.2, 0) is 12.3 Å². The lowest BCUT2D eigenvalue weighted by Crippen LogP contribution is -2.43. The average molecular weight is 453 g/mol. The molecule has 7 heteroatoms. The molecule has 2 aliphatic rings. The maximum atomic E-state index is 16.4. The molecular formula is C25H26ClFN4O. The largest absolute Gasteiger partial charge is 0.463 e. The van der Waals surface area contributed by atoms with Crippen molar-refractivity contribution in [3.05, 3.63) is 83.2 Å². The van der Waals surface area contributed by atoms with Crippen LogP contribution in [0.3, 0.4) is 0 Å². The van der Waals surface area contributed by atoms with Crippen molar-refractivity contribution in [2.24, 2.45) is 0 Å². The molecule has 0 spiro atoms. The molecule has 0 bridgehead atoms. The van der Waals surface area contributed by atoms with Crippen LogP contribution < -0.4 is 0 Å². The first-order valence-corrected chi connectivity index (χ1v) is 11.3. The number of furan rings is 1. The monoisotopic (exact) mass is 452 g/mol. The van der Waals surface area contributed by atoms with Gasteiger partial charge in [0.05, 0.1) is 12.5 Å². The van der Waals surface area contributed by atoms with E-state index in [1.807, 2.05) is 42.5 Å². The molecule has 1 aromatic carbocycles. The minimum atomic E-state index is -1.88. The lowest BCUT2D eigenvalue weighted by atomic mass is 9.95. The van der Waals surface area contributed by atoms with Crippen LogP contribution in [0.25, 0.3) is 17.0 Å². The van der Waals surface area contributed by atoms with E-state index < -0.39 is 5.79 Å². The summed E-state index contributed by atoms with van der Waals surface area (Å²) in [5.41, 5.74) is 3.42. The SMILES string of the molecule is CN1CCN(Cc2cnn(C3(F)C=CC(c4ccccc4)=C(Cl)C3)c2-c2ccco2)CC1. The molecule has 1 fully saturated rings. The maximum absolute atomic E-state index is 16.4. The van der Waals surface area contributed by atoms with Gasteiger partial charge in [-0.3, -0.25) is 4.90 Å². The van der Waals surface area contributed by atoms with E-state index in [9.17, 15) is 0 Å². The van der Waals surface area contributed by atoms with Crippen molar-refractivity contribution in [2.45, 2.75) is 18.8 Å². The molecule has 3 heterocycles. The highest BCUT2D eigenvalue weighted by molar-refractivity contribution is 6.33. The van der Waals surface area contributed by atoms with Crippen molar-refractivity contribution in [1.82, 2.24) is 19.6 Å². The molecule has 1 saturated heterocycles. The third-order valence-corrected chi connectivity index (χ3v) is 6.56. The number of hydrogen-bond donors (Lipinski definition) is 0. The van der Waals surface area contributed by atoms with Gasteiger partial charge in [-0.2, -0.15) is 5.10 Å². The molecular weight excluding hydrogens is 427 g/mol. The zero-order valence-electron chi connectivity index (χ0n) is 18.0. The first-order chi connectivity index (χ1) is 15.5. The van der Waals surface area contributed by atoms with Gasteiger partial charge in [0.1, 0.15) is 5.69 Å². The molecule has 5 rings (SSSR count). The van der Waals surface area contributed by atoms with E-state index in [0.717, 1.165) is 42.9 Å². The van der Waals surface area contributed by atoms with Gasteiger partial charge >= 0.3 is 0 Å². The van der Waals surface area contributed by atoms with Crippen molar-refractivity contribution < 1.29 is 8.81 Å². The van der Waals surface area contributed by atoms with Crippen molar-refractivity contribution in [3.63, 3.8) is 0 Å². The van der Waals surface area contributed by atoms with Crippen molar-refractivity contribution in [1.29, 1.82) is 0 Å². The predicted molar refractivity (Wildman–Crippen MR) is 125 cm³/mol. The summed E-state index contributed by atoms with van der Waals surface area (Å²) in [6.07, 6.45) is 6.69. The Morgan fingerprint density at radius 3 is 2.56 bits per heavy atom. The first kappa shape index (κ1) is 21.2. The van der Waals surface area contributed by atoms with Crippen LogP contribution in [0.2, 0.25) is 0 Å². The Bertz CT molecular complexity index is 1130. The van der Waals surface area contributed by atoms with Crippen LogP contribution in [-0.4, -0.2) is 52.8 Å². The van der Waals surface area contributed by atoms with Crippen LogP contribution in [0.4, 0.5) is 4.39 Å². The summed E-state index contributed by atoms with van der Waals surface area (Å²) in [5, 5.41) is 4.97. The van der Waals surface area contributed by atoms with Gasteiger partial charge in [-0.1, -0.05) is 48.0 Å². The number of aromatic nitrogens is 2. The number of rotatable bonds is 5. The third-order valence-electron chi connectivity index (χ3n) is 6.23. The van der Waals surface area contributed by atoms with Gasteiger partial charge in [0.25, 0.3) is 0 Å². The summed E-state index contributed by atoms with van der Waals surface area (Å²) >= 11 is 6.62. The molecule has 1 aliphatic carbocycles. The quantitative estimate of drug-likeness (QED) is 0.538. The topological polar surface area (TPSA) is 37.4 Å². The minimum absolute atomic E-state index is 0.0125. The molecule has 1 aliphatic heterocycles. The number of halogens is 2. The molecule has 0 radical (unpaired) electrons. The molecule has 0 saturated carbocycles. The summed E-state index contributed by atoms with van der Waals surface area (Å²) in [6, 6.07) is 13.5. The van der Waals surface area contributed by atoms with Crippen LogP contribution in [0.1, 0.15) is 17.5 Å². The highest BCUT2D eigenvalue weighted by Crippen LogP contribution is 2.42. The summed E-state index contributed by atoms with van der Waals surface area (Å²) < 4.78 is 23.5. The lowest BCUT2D eigenvalue weighted by Gasteiger charge is -2.32. The molecule has 0 amide bonds. The molecule has 166 valence electrons. The summed E-state index contributed by atoms with van der Waals surface area (Å²) in [4.78, 5) is 4.69. The number of nitrogens with zero attached hydrogens (tertiary/aromatic N) is 4. The zero-order chi connectivity index (χ0) is 22.1. The molecule has 32 heavy (non-hydrogen) atoms. The van der Waals surface area contributed by atoms with E-state index in [4.69, 9.17) is 16.0 Å². The number of benzene rings is 1. The fourth-order valence-electron chi connectivity index (χ4n) is 4.39. The third kappa shape index (κ3) is 4.06. The van der Waals surface area contributed by atoms with Gasteiger partial charge in [0.15, 0.2) is 5.76 Å². The minimum Gasteiger partial charge on any atom is -0.463 e. The molecule has 3 aromatic rings. The summed E-state index contributed by atoms with van der Waals surface area (Å²) in [7, 11) is 2.13. The van der Waals surface area contributed by atoms with Gasteiger partial charge in [-0.25, -0.2) is 9.07 Å². The van der Waals surface area contributed by atoms with Crippen LogP contribution in [0, 0.1) is 0 Å². The highest BCUT2D eigenvalue weighted by atomic mass is 35.5. The van der Waals surface area contributed by atoms with Crippen molar-refractivity contribution >= 4 is 17.2 Å². The summed E-state index contributed by atoms with van der Waals surface area (Å²) in [6.45, 7) is 4.66. The van der Waals surface area contributed by atoms with Crippen molar-refractivity contribution in [2.75, 3.05) is 33.2 Å². The molecule has 0 N–H and O–H groups in total. The van der Waals surface area contributed by atoms with E-state index in [-0.39, 0.29) is 6.42 Å².